The van der Waals surface area contributed by atoms with Crippen LogP contribution in [0.5, 0.6) is 0 Å². The van der Waals surface area contributed by atoms with Crippen molar-refractivity contribution >= 4 is 22.8 Å². The number of aryl methyl sites for hydroxylation is 1. The van der Waals surface area contributed by atoms with E-state index in [2.05, 4.69) is 25.3 Å². The van der Waals surface area contributed by atoms with Crippen LogP contribution in [0.15, 0.2) is 48.8 Å². The summed E-state index contributed by atoms with van der Waals surface area (Å²) in [6, 6.07) is 11.6. The highest BCUT2D eigenvalue weighted by atomic mass is 19.1. The molecule has 0 aliphatic rings. The monoisotopic (exact) mass is 376 g/mol. The summed E-state index contributed by atoms with van der Waals surface area (Å²) in [6.45, 7) is 2.25. The van der Waals surface area contributed by atoms with E-state index >= 15 is 0 Å². The number of nitrogens with two attached hydrogens (primary N) is 1. The molecule has 28 heavy (non-hydrogen) atoms. The summed E-state index contributed by atoms with van der Waals surface area (Å²) in [5.74, 6) is 0.0259. The summed E-state index contributed by atoms with van der Waals surface area (Å²) < 4.78 is 13.3. The molecule has 4 N–H and O–H groups in total. The first-order valence-electron chi connectivity index (χ1n) is 8.62. The van der Waals surface area contributed by atoms with Gasteiger partial charge in [0.2, 0.25) is 5.95 Å². The van der Waals surface area contributed by atoms with Crippen LogP contribution in [-0.2, 0) is 6.54 Å². The Bertz CT molecular complexity index is 1190. The Morgan fingerprint density at radius 2 is 2.04 bits per heavy atom. The molecule has 0 aliphatic carbocycles. The van der Waals surface area contributed by atoms with Gasteiger partial charge >= 0.3 is 0 Å². The van der Waals surface area contributed by atoms with E-state index < -0.39 is 5.91 Å². The molecule has 1 amide bonds. The number of halogens is 1. The Labute approximate surface area is 159 Å². The lowest BCUT2D eigenvalue weighted by Crippen LogP contribution is -2.11. The van der Waals surface area contributed by atoms with Gasteiger partial charge in [0.1, 0.15) is 12.1 Å². The molecule has 2 aromatic heterocycles. The van der Waals surface area contributed by atoms with Crippen molar-refractivity contribution in [2.45, 2.75) is 13.5 Å². The predicted octanol–water partition coefficient (Wildman–Crippen LogP) is 3.18. The van der Waals surface area contributed by atoms with E-state index in [1.54, 1.807) is 18.2 Å². The van der Waals surface area contributed by atoms with Crippen LogP contribution in [-0.4, -0.2) is 25.8 Å². The van der Waals surface area contributed by atoms with E-state index in [0.717, 1.165) is 22.2 Å². The smallest absolute Gasteiger partial charge is 0.250 e. The number of carbonyl (C=O) groups excluding carboxylic acids is 1. The topological polar surface area (TPSA) is 110 Å². The molecule has 0 saturated heterocycles. The summed E-state index contributed by atoms with van der Waals surface area (Å²) in [7, 11) is 0. The highest BCUT2D eigenvalue weighted by molar-refractivity contribution is 6.09. The highest BCUT2D eigenvalue weighted by Crippen LogP contribution is 2.31. The van der Waals surface area contributed by atoms with Crippen LogP contribution < -0.4 is 11.1 Å². The van der Waals surface area contributed by atoms with Crippen molar-refractivity contribution < 1.29 is 9.18 Å². The Balaban J connectivity index is 1.69. The number of anilines is 1. The van der Waals surface area contributed by atoms with Crippen LogP contribution in [0.25, 0.3) is 22.3 Å². The number of aromatic nitrogens is 4. The normalized spacial score (nSPS) is 10.9. The number of fused-ring (bicyclic) bond motifs is 1. The van der Waals surface area contributed by atoms with Gasteiger partial charge in [-0.15, -0.1) is 0 Å². The van der Waals surface area contributed by atoms with Crippen LogP contribution in [0, 0.1) is 12.7 Å². The number of hydrogen-bond acceptors (Lipinski definition) is 5. The summed E-state index contributed by atoms with van der Waals surface area (Å²) in [5, 5.41) is 3.88. The molecule has 2 heterocycles. The average Bonchev–Trinajstić information content (AvgIpc) is 3.02. The first-order valence-corrected chi connectivity index (χ1v) is 8.62. The lowest BCUT2D eigenvalue weighted by molar-refractivity contribution is 0.100. The number of aromatic amines is 1. The molecular formula is C20H17FN6O. The standard InChI is InChI=1S/C20H17FN6O/c1-11-16(14-6-3-7-15(18(22)28)17(14)26-11)19-24-10-25-20(27-19)23-9-12-4-2-5-13(21)8-12/h2-8,10,26H,9H2,1H3,(H2,22,28)(H,23,24,25,27). The zero-order valence-electron chi connectivity index (χ0n) is 15.0. The van der Waals surface area contributed by atoms with Crippen molar-refractivity contribution in [3.05, 3.63) is 71.4 Å². The number of H-pyrrole nitrogens is 1. The number of benzene rings is 2. The molecule has 0 radical (unpaired) electrons. The number of carbonyl (C=O) groups is 1. The third-order valence-corrected chi connectivity index (χ3v) is 4.42. The molecule has 0 fully saturated rings. The minimum absolute atomic E-state index is 0.296. The molecule has 2 aromatic carbocycles. The quantitative estimate of drug-likeness (QED) is 0.496. The van der Waals surface area contributed by atoms with Crippen molar-refractivity contribution in [3.8, 4) is 11.4 Å². The van der Waals surface area contributed by atoms with E-state index in [1.807, 2.05) is 19.1 Å². The van der Waals surface area contributed by atoms with Gasteiger partial charge < -0.3 is 16.0 Å². The maximum atomic E-state index is 13.3. The van der Waals surface area contributed by atoms with E-state index in [1.165, 1.54) is 18.5 Å². The van der Waals surface area contributed by atoms with Gasteiger partial charge in [-0.3, -0.25) is 4.79 Å². The summed E-state index contributed by atoms with van der Waals surface area (Å²) in [6.07, 6.45) is 1.41. The molecule has 0 aliphatic heterocycles. The highest BCUT2D eigenvalue weighted by Gasteiger charge is 2.17. The Morgan fingerprint density at radius 1 is 1.21 bits per heavy atom. The minimum Gasteiger partial charge on any atom is -0.366 e. The lowest BCUT2D eigenvalue weighted by Gasteiger charge is -2.07. The molecule has 0 saturated carbocycles. The zero-order valence-corrected chi connectivity index (χ0v) is 15.0. The third kappa shape index (κ3) is 3.27. The average molecular weight is 376 g/mol. The maximum Gasteiger partial charge on any atom is 0.250 e. The number of primary amides is 1. The maximum absolute atomic E-state index is 13.3. The molecule has 140 valence electrons. The van der Waals surface area contributed by atoms with Gasteiger partial charge in [0.05, 0.1) is 11.1 Å². The van der Waals surface area contributed by atoms with Gasteiger partial charge in [0, 0.05) is 23.2 Å². The van der Waals surface area contributed by atoms with Crippen LogP contribution >= 0.6 is 0 Å². The fourth-order valence-corrected chi connectivity index (χ4v) is 3.17. The summed E-state index contributed by atoms with van der Waals surface area (Å²) >= 11 is 0. The van der Waals surface area contributed by atoms with E-state index in [4.69, 9.17) is 5.73 Å². The first kappa shape index (κ1) is 17.6. The zero-order chi connectivity index (χ0) is 19.7. The summed E-state index contributed by atoms with van der Waals surface area (Å²) in [5.41, 5.74) is 8.89. The van der Waals surface area contributed by atoms with Crippen molar-refractivity contribution in [2.24, 2.45) is 5.73 Å². The van der Waals surface area contributed by atoms with Crippen molar-refractivity contribution in [1.82, 2.24) is 19.9 Å². The molecule has 4 aromatic rings. The lowest BCUT2D eigenvalue weighted by atomic mass is 10.1. The number of nitrogens with zero attached hydrogens (tertiary/aromatic N) is 3. The second kappa shape index (κ2) is 7.07. The van der Waals surface area contributed by atoms with Gasteiger partial charge in [-0.2, -0.15) is 4.98 Å². The summed E-state index contributed by atoms with van der Waals surface area (Å²) in [4.78, 5) is 27.8. The largest absolute Gasteiger partial charge is 0.366 e. The fourth-order valence-electron chi connectivity index (χ4n) is 3.17. The molecule has 0 bridgehead atoms. The van der Waals surface area contributed by atoms with Crippen LogP contribution in [0.4, 0.5) is 10.3 Å². The Hall–Kier alpha value is -3.81. The number of amides is 1. The van der Waals surface area contributed by atoms with E-state index in [9.17, 15) is 9.18 Å². The van der Waals surface area contributed by atoms with Gasteiger partial charge in [0.25, 0.3) is 5.91 Å². The molecule has 0 unspecified atom stereocenters. The predicted molar refractivity (Wildman–Crippen MR) is 104 cm³/mol. The molecule has 7 nitrogen and oxygen atoms in total. The van der Waals surface area contributed by atoms with Crippen LogP contribution in [0.3, 0.4) is 0 Å². The minimum atomic E-state index is -0.508. The van der Waals surface area contributed by atoms with Gasteiger partial charge in [-0.1, -0.05) is 24.3 Å². The van der Waals surface area contributed by atoms with E-state index in [-0.39, 0.29) is 5.82 Å². The van der Waals surface area contributed by atoms with Crippen molar-refractivity contribution in [1.29, 1.82) is 0 Å². The second-order valence-corrected chi connectivity index (χ2v) is 6.33. The molecule has 8 heteroatoms. The van der Waals surface area contributed by atoms with Gasteiger partial charge in [0.15, 0.2) is 5.82 Å². The Morgan fingerprint density at radius 3 is 2.82 bits per heavy atom. The second-order valence-electron chi connectivity index (χ2n) is 6.33. The molecule has 4 rings (SSSR count). The van der Waals surface area contributed by atoms with Crippen LogP contribution in [0.1, 0.15) is 21.6 Å². The number of nitrogens with one attached hydrogen (secondary N) is 2. The number of hydrogen-bond donors (Lipinski definition) is 3. The van der Waals surface area contributed by atoms with Crippen molar-refractivity contribution in [3.63, 3.8) is 0 Å². The number of para-hydroxylation sites is 1. The van der Waals surface area contributed by atoms with Crippen LogP contribution in [0.2, 0.25) is 0 Å². The first-order chi connectivity index (χ1) is 13.5. The SMILES string of the molecule is Cc1[nH]c2c(C(N)=O)cccc2c1-c1ncnc(NCc2cccc(F)c2)n1. The van der Waals surface area contributed by atoms with Gasteiger partial charge in [-0.25, -0.2) is 14.4 Å². The van der Waals surface area contributed by atoms with E-state index in [0.29, 0.717) is 29.4 Å². The molecular weight excluding hydrogens is 359 g/mol. The van der Waals surface area contributed by atoms with Crippen molar-refractivity contribution in [2.75, 3.05) is 5.32 Å². The Kier molecular flexibility index (Phi) is 4.44. The van der Waals surface area contributed by atoms with Gasteiger partial charge in [-0.05, 0) is 30.7 Å². The molecule has 0 spiro atoms. The number of rotatable bonds is 5. The third-order valence-electron chi connectivity index (χ3n) is 4.42. The molecule has 0 atom stereocenters. The fraction of sp³-hybridized carbons (Fsp3) is 0.100.